The Morgan fingerprint density at radius 2 is 2.05 bits per heavy atom. The van der Waals surface area contributed by atoms with Crippen LogP contribution in [0.4, 0.5) is 0 Å². The molecule has 2 aromatic rings. The monoisotopic (exact) mass is 352 g/mol. The number of thiol groups is 1. The van der Waals surface area contributed by atoms with Crippen molar-refractivity contribution >= 4 is 34.5 Å². The molecule has 0 aliphatic heterocycles. The van der Waals surface area contributed by atoms with E-state index in [1.54, 1.807) is 6.20 Å². The zero-order valence-corrected chi connectivity index (χ0v) is 13.3. The first-order chi connectivity index (χ1) is 9.63. The Morgan fingerprint density at radius 1 is 1.35 bits per heavy atom. The summed E-state index contributed by atoms with van der Waals surface area (Å²) in [5.41, 5.74) is 1.83. The molecule has 0 aliphatic carbocycles. The summed E-state index contributed by atoms with van der Waals surface area (Å²) in [6, 6.07) is 7.87. The summed E-state index contributed by atoms with van der Waals surface area (Å²) < 4.78 is 5.72. The Balaban J connectivity index is 2.28. The van der Waals surface area contributed by atoms with Gasteiger partial charge in [0, 0.05) is 16.9 Å². The van der Waals surface area contributed by atoms with E-state index in [2.05, 4.69) is 38.5 Å². The van der Waals surface area contributed by atoms with E-state index >= 15 is 0 Å². The Bertz CT molecular complexity index is 622. The first kappa shape index (κ1) is 15.0. The van der Waals surface area contributed by atoms with Crippen LogP contribution in [-0.2, 0) is 11.2 Å². The largest absolute Gasteiger partial charge is 0.464 e. The van der Waals surface area contributed by atoms with Crippen LogP contribution in [0.2, 0.25) is 0 Å². The van der Waals surface area contributed by atoms with Crippen molar-refractivity contribution in [3.8, 4) is 0 Å². The Morgan fingerprint density at radius 3 is 2.75 bits per heavy atom. The lowest BCUT2D eigenvalue weighted by atomic mass is 10.1. The number of benzene rings is 1. The smallest absolute Gasteiger partial charge is 0.358 e. The molecule has 0 fully saturated rings. The van der Waals surface area contributed by atoms with Crippen molar-refractivity contribution in [2.75, 3.05) is 7.11 Å². The molecule has 104 valence electrons. The van der Waals surface area contributed by atoms with E-state index in [-0.39, 0.29) is 10.9 Å². The van der Waals surface area contributed by atoms with Gasteiger partial charge in [-0.3, -0.25) is 4.98 Å². The third-order valence-corrected chi connectivity index (χ3v) is 3.99. The van der Waals surface area contributed by atoms with E-state index in [1.165, 1.54) is 13.3 Å². The fourth-order valence-corrected chi connectivity index (χ4v) is 2.65. The molecule has 6 heteroatoms. The normalized spacial score (nSPS) is 11.9. The van der Waals surface area contributed by atoms with Crippen molar-refractivity contribution in [2.24, 2.45) is 0 Å². The second-order valence-electron chi connectivity index (χ2n) is 4.09. The molecular weight excluding hydrogens is 340 g/mol. The van der Waals surface area contributed by atoms with E-state index in [1.807, 2.05) is 24.3 Å². The van der Waals surface area contributed by atoms with Gasteiger partial charge in [-0.15, -0.1) is 0 Å². The SMILES string of the molecule is COC(=O)c1nccnc1C(S)Cc1ccccc1Br. The molecule has 1 aromatic carbocycles. The number of aromatic nitrogens is 2. The third-order valence-electron chi connectivity index (χ3n) is 2.79. The van der Waals surface area contributed by atoms with Crippen LogP contribution in [-0.4, -0.2) is 23.0 Å². The number of carbonyl (C=O) groups excluding carboxylic acids is 1. The van der Waals surface area contributed by atoms with Crippen molar-refractivity contribution in [1.29, 1.82) is 0 Å². The molecule has 1 heterocycles. The summed E-state index contributed by atoms with van der Waals surface area (Å²) >= 11 is 8.05. The fourth-order valence-electron chi connectivity index (χ4n) is 1.82. The molecule has 0 radical (unpaired) electrons. The summed E-state index contributed by atoms with van der Waals surface area (Å²) in [6.45, 7) is 0. The van der Waals surface area contributed by atoms with Gasteiger partial charge in [0.05, 0.1) is 18.1 Å². The van der Waals surface area contributed by atoms with E-state index in [0.717, 1.165) is 10.0 Å². The van der Waals surface area contributed by atoms with Crippen LogP contribution < -0.4 is 0 Å². The highest BCUT2D eigenvalue weighted by atomic mass is 79.9. The second-order valence-corrected chi connectivity index (χ2v) is 5.57. The lowest BCUT2D eigenvalue weighted by Crippen LogP contribution is -2.12. The standard InChI is InChI=1S/C14H13BrN2O2S/c1-19-14(18)13-12(16-6-7-17-13)11(20)8-9-4-2-3-5-10(9)15/h2-7,11,20H,8H2,1H3. The van der Waals surface area contributed by atoms with E-state index in [4.69, 9.17) is 4.74 Å². The van der Waals surface area contributed by atoms with Crippen LogP contribution in [0.15, 0.2) is 41.1 Å². The molecule has 1 unspecified atom stereocenters. The molecule has 0 bridgehead atoms. The van der Waals surface area contributed by atoms with Crippen molar-refractivity contribution in [3.05, 3.63) is 58.1 Å². The zero-order chi connectivity index (χ0) is 14.5. The molecule has 0 amide bonds. The van der Waals surface area contributed by atoms with Crippen molar-refractivity contribution in [1.82, 2.24) is 9.97 Å². The van der Waals surface area contributed by atoms with Crippen LogP contribution in [0, 0.1) is 0 Å². The number of rotatable bonds is 4. The highest BCUT2D eigenvalue weighted by molar-refractivity contribution is 9.10. The summed E-state index contributed by atoms with van der Waals surface area (Å²) in [5, 5.41) is -0.239. The average molecular weight is 353 g/mol. The van der Waals surface area contributed by atoms with E-state index in [0.29, 0.717) is 12.1 Å². The van der Waals surface area contributed by atoms with Gasteiger partial charge in [-0.2, -0.15) is 12.6 Å². The Hall–Kier alpha value is -1.40. The number of halogens is 1. The Labute approximate surface area is 131 Å². The first-order valence-corrected chi connectivity index (χ1v) is 7.25. The predicted octanol–water partition coefficient (Wildman–Crippen LogP) is 3.24. The van der Waals surface area contributed by atoms with Crippen LogP contribution in [0.25, 0.3) is 0 Å². The van der Waals surface area contributed by atoms with E-state index in [9.17, 15) is 4.79 Å². The van der Waals surface area contributed by atoms with Crippen LogP contribution >= 0.6 is 28.6 Å². The minimum absolute atomic E-state index is 0.210. The Kier molecular flexibility index (Phi) is 5.14. The molecule has 0 saturated carbocycles. The van der Waals surface area contributed by atoms with E-state index < -0.39 is 5.97 Å². The maximum absolute atomic E-state index is 11.7. The molecule has 0 saturated heterocycles. The number of ether oxygens (including phenoxy) is 1. The lowest BCUT2D eigenvalue weighted by molar-refractivity contribution is 0.0592. The number of methoxy groups -OCH3 is 1. The molecule has 0 N–H and O–H groups in total. The number of esters is 1. The molecule has 1 aromatic heterocycles. The van der Waals surface area contributed by atoms with Gasteiger partial charge in [-0.05, 0) is 18.1 Å². The predicted molar refractivity (Wildman–Crippen MR) is 82.9 cm³/mol. The van der Waals surface area contributed by atoms with Crippen LogP contribution in [0.3, 0.4) is 0 Å². The van der Waals surface area contributed by atoms with Gasteiger partial charge in [-0.1, -0.05) is 34.1 Å². The summed E-state index contributed by atoms with van der Waals surface area (Å²) in [4.78, 5) is 19.9. The molecule has 4 nitrogen and oxygen atoms in total. The highest BCUT2D eigenvalue weighted by Crippen LogP contribution is 2.28. The molecule has 2 rings (SSSR count). The molecule has 0 spiro atoms. The number of hydrogen-bond acceptors (Lipinski definition) is 5. The van der Waals surface area contributed by atoms with Gasteiger partial charge in [0.1, 0.15) is 0 Å². The van der Waals surface area contributed by atoms with Gasteiger partial charge >= 0.3 is 5.97 Å². The number of nitrogens with zero attached hydrogens (tertiary/aromatic N) is 2. The molecule has 0 aliphatic rings. The minimum Gasteiger partial charge on any atom is -0.464 e. The van der Waals surface area contributed by atoms with Gasteiger partial charge in [-0.25, -0.2) is 9.78 Å². The van der Waals surface area contributed by atoms with Gasteiger partial charge in [0.2, 0.25) is 0 Å². The van der Waals surface area contributed by atoms with Gasteiger partial charge in [0.15, 0.2) is 5.69 Å². The van der Waals surface area contributed by atoms with Crippen molar-refractivity contribution < 1.29 is 9.53 Å². The molecular formula is C14H13BrN2O2S. The quantitative estimate of drug-likeness (QED) is 0.677. The summed E-state index contributed by atoms with van der Waals surface area (Å²) in [7, 11) is 1.32. The maximum atomic E-state index is 11.7. The molecule has 20 heavy (non-hydrogen) atoms. The van der Waals surface area contributed by atoms with Crippen LogP contribution in [0.1, 0.15) is 27.0 Å². The maximum Gasteiger partial charge on any atom is 0.358 e. The molecule has 1 atom stereocenters. The number of hydrogen-bond donors (Lipinski definition) is 1. The van der Waals surface area contributed by atoms with Crippen molar-refractivity contribution in [3.63, 3.8) is 0 Å². The zero-order valence-electron chi connectivity index (χ0n) is 10.8. The van der Waals surface area contributed by atoms with Crippen LogP contribution in [0.5, 0.6) is 0 Å². The summed E-state index contributed by atoms with van der Waals surface area (Å²) in [5.74, 6) is -0.501. The second kappa shape index (κ2) is 6.85. The number of carbonyl (C=O) groups is 1. The minimum atomic E-state index is -0.501. The van der Waals surface area contributed by atoms with Gasteiger partial charge < -0.3 is 4.74 Å². The lowest BCUT2D eigenvalue weighted by Gasteiger charge is -2.13. The topological polar surface area (TPSA) is 52.1 Å². The highest BCUT2D eigenvalue weighted by Gasteiger charge is 2.20. The summed E-state index contributed by atoms with van der Waals surface area (Å²) in [6.07, 6.45) is 3.65. The first-order valence-electron chi connectivity index (χ1n) is 5.94. The fraction of sp³-hybridized carbons (Fsp3) is 0.214. The van der Waals surface area contributed by atoms with Gasteiger partial charge in [0.25, 0.3) is 0 Å². The van der Waals surface area contributed by atoms with Crippen molar-refractivity contribution in [2.45, 2.75) is 11.7 Å². The third kappa shape index (κ3) is 3.37. The average Bonchev–Trinajstić information content (AvgIpc) is 2.48.